The number of hydrogen-bond acceptors (Lipinski definition) is 3. The van der Waals surface area contributed by atoms with Gasteiger partial charge in [-0.15, -0.1) is 0 Å². The zero-order valence-corrected chi connectivity index (χ0v) is 11.7. The molecular weight excluding hydrogens is 196 g/mol. The molecule has 0 aliphatic carbocycles. The zero-order chi connectivity index (χ0) is 11.4. The molecule has 14 heavy (non-hydrogen) atoms. The van der Waals surface area contributed by atoms with Crippen molar-refractivity contribution in [1.29, 1.82) is 0 Å². The van der Waals surface area contributed by atoms with E-state index in [4.69, 9.17) is 9.16 Å². The van der Waals surface area contributed by atoms with Crippen molar-refractivity contribution in [2.75, 3.05) is 0 Å². The first kappa shape index (κ1) is 13.4. The van der Waals surface area contributed by atoms with Gasteiger partial charge < -0.3 is 9.16 Å². The molecule has 82 valence electrons. The van der Waals surface area contributed by atoms with E-state index in [1.54, 1.807) is 6.92 Å². The molecule has 0 aromatic carbocycles. The summed E-state index contributed by atoms with van der Waals surface area (Å²) in [4.78, 5) is 11.3. The van der Waals surface area contributed by atoms with E-state index >= 15 is 0 Å². The number of hydrogen-bond donors (Lipinski definition) is 0. The Balaban J connectivity index is 4.44. The van der Waals surface area contributed by atoms with Gasteiger partial charge in [-0.25, -0.2) is 4.79 Å². The molecule has 1 atom stereocenters. The van der Waals surface area contributed by atoms with Crippen LogP contribution in [0.2, 0.25) is 0 Å². The van der Waals surface area contributed by atoms with Gasteiger partial charge in [-0.1, -0.05) is 13.5 Å². The van der Waals surface area contributed by atoms with Crippen LogP contribution in [0.25, 0.3) is 0 Å². The monoisotopic (exact) mass is 216 g/mol. The van der Waals surface area contributed by atoms with Gasteiger partial charge in [0.05, 0.1) is 5.60 Å². The fraction of sp³-hybridized carbons (Fsp3) is 0.700. The SMILES string of the molecule is C=C(C)C(=O)OC(CC)C(C)(C)O[SiH3]. The smallest absolute Gasteiger partial charge is 0.333 e. The first-order valence-electron chi connectivity index (χ1n) is 4.76. The second kappa shape index (κ2) is 5.31. The predicted octanol–water partition coefficient (Wildman–Crippen LogP) is 0.960. The molecule has 0 aliphatic rings. The second-order valence-electron chi connectivity index (χ2n) is 3.89. The molecule has 0 amide bonds. The molecule has 1 unspecified atom stereocenters. The van der Waals surface area contributed by atoms with Crippen molar-refractivity contribution in [3.8, 4) is 0 Å². The van der Waals surface area contributed by atoms with E-state index < -0.39 is 5.60 Å². The van der Waals surface area contributed by atoms with Gasteiger partial charge in [0.25, 0.3) is 0 Å². The summed E-state index contributed by atoms with van der Waals surface area (Å²) in [7, 11) is 0.633. The van der Waals surface area contributed by atoms with E-state index in [1.807, 2.05) is 20.8 Å². The molecule has 0 saturated carbocycles. The van der Waals surface area contributed by atoms with Gasteiger partial charge >= 0.3 is 5.97 Å². The van der Waals surface area contributed by atoms with E-state index in [0.717, 1.165) is 6.42 Å². The molecule has 0 radical (unpaired) electrons. The summed E-state index contributed by atoms with van der Waals surface area (Å²) in [6.45, 7) is 11.0. The van der Waals surface area contributed by atoms with Crippen molar-refractivity contribution >= 4 is 16.5 Å². The average Bonchev–Trinajstić information content (AvgIpc) is 2.13. The molecule has 0 N–H and O–H groups in total. The number of rotatable bonds is 5. The highest BCUT2D eigenvalue weighted by Crippen LogP contribution is 2.20. The number of carbonyl (C=O) groups excluding carboxylic acids is 1. The van der Waals surface area contributed by atoms with E-state index in [1.165, 1.54) is 0 Å². The van der Waals surface area contributed by atoms with Gasteiger partial charge in [0.15, 0.2) is 0 Å². The third-order valence-electron chi connectivity index (χ3n) is 2.27. The van der Waals surface area contributed by atoms with Gasteiger partial charge in [0.2, 0.25) is 0 Å². The Kier molecular flexibility index (Phi) is 5.08. The Hall–Kier alpha value is -0.613. The summed E-state index contributed by atoms with van der Waals surface area (Å²) < 4.78 is 10.7. The first-order chi connectivity index (χ1) is 6.35. The van der Waals surface area contributed by atoms with E-state index in [-0.39, 0.29) is 12.1 Å². The standard InChI is InChI=1S/C10H20O3Si/c1-6-8(10(4,5)13-14)12-9(11)7(2)3/h8H,2,6H2,1,3-5,14H3. The molecular formula is C10H20O3Si. The fourth-order valence-electron chi connectivity index (χ4n) is 1.08. The summed E-state index contributed by atoms with van der Waals surface area (Å²) in [5.74, 6) is -0.344. The van der Waals surface area contributed by atoms with Crippen LogP contribution in [-0.4, -0.2) is 28.2 Å². The highest BCUT2D eigenvalue weighted by molar-refractivity contribution is 5.98. The molecule has 0 rings (SSSR count). The number of carbonyl (C=O) groups is 1. The summed E-state index contributed by atoms with van der Waals surface area (Å²) in [5.41, 5.74) is 0.0270. The van der Waals surface area contributed by atoms with Crippen LogP contribution in [0.1, 0.15) is 34.1 Å². The number of esters is 1. The second-order valence-corrected chi connectivity index (χ2v) is 4.30. The maximum absolute atomic E-state index is 11.3. The normalized spacial score (nSPS) is 13.7. The van der Waals surface area contributed by atoms with Crippen LogP contribution in [0.15, 0.2) is 12.2 Å². The number of ether oxygens (including phenoxy) is 1. The molecule has 0 aliphatic heterocycles. The summed E-state index contributed by atoms with van der Waals surface area (Å²) in [5, 5.41) is 0. The fourth-order valence-corrected chi connectivity index (χ4v) is 1.34. The van der Waals surface area contributed by atoms with Crippen molar-refractivity contribution in [2.45, 2.75) is 45.8 Å². The Labute approximate surface area is 89.0 Å². The van der Waals surface area contributed by atoms with Crippen LogP contribution in [0.5, 0.6) is 0 Å². The van der Waals surface area contributed by atoms with E-state index in [2.05, 4.69) is 6.58 Å². The van der Waals surface area contributed by atoms with Gasteiger partial charge in [-0.2, -0.15) is 0 Å². The minimum atomic E-state index is -0.397. The average molecular weight is 216 g/mol. The zero-order valence-electron chi connectivity index (χ0n) is 9.72. The Bertz CT molecular complexity index is 223. The van der Waals surface area contributed by atoms with E-state index in [0.29, 0.717) is 16.1 Å². The maximum Gasteiger partial charge on any atom is 0.333 e. The van der Waals surface area contributed by atoms with Crippen molar-refractivity contribution in [1.82, 2.24) is 0 Å². The highest BCUT2D eigenvalue weighted by Gasteiger charge is 2.30. The van der Waals surface area contributed by atoms with E-state index in [9.17, 15) is 4.79 Å². The maximum atomic E-state index is 11.3. The van der Waals surface area contributed by atoms with Gasteiger partial charge in [0.1, 0.15) is 16.6 Å². The Morgan fingerprint density at radius 1 is 1.57 bits per heavy atom. The van der Waals surface area contributed by atoms with Crippen LogP contribution in [0, 0.1) is 0 Å². The molecule has 0 fully saturated rings. The highest BCUT2D eigenvalue weighted by atomic mass is 28.2. The van der Waals surface area contributed by atoms with Crippen LogP contribution in [0.3, 0.4) is 0 Å². The van der Waals surface area contributed by atoms with Crippen LogP contribution < -0.4 is 0 Å². The van der Waals surface area contributed by atoms with Crippen molar-refractivity contribution in [2.24, 2.45) is 0 Å². The topological polar surface area (TPSA) is 35.5 Å². The van der Waals surface area contributed by atoms with Crippen molar-refractivity contribution in [3.63, 3.8) is 0 Å². The minimum Gasteiger partial charge on any atom is -0.456 e. The molecule has 4 heteroatoms. The summed E-state index contributed by atoms with van der Waals surface area (Å²) in [6.07, 6.45) is 0.540. The molecule has 0 bridgehead atoms. The lowest BCUT2D eigenvalue weighted by molar-refractivity contribution is -0.154. The third kappa shape index (κ3) is 3.63. The third-order valence-corrected chi connectivity index (χ3v) is 3.32. The minimum absolute atomic E-state index is 0.204. The van der Waals surface area contributed by atoms with Gasteiger partial charge in [0, 0.05) is 5.57 Å². The van der Waals surface area contributed by atoms with Crippen LogP contribution >= 0.6 is 0 Å². The molecule has 0 saturated heterocycles. The van der Waals surface area contributed by atoms with Crippen LogP contribution in [0.4, 0.5) is 0 Å². The molecule has 0 heterocycles. The molecule has 0 aromatic rings. The lowest BCUT2D eigenvalue weighted by Crippen LogP contribution is -2.41. The first-order valence-corrected chi connectivity index (χ1v) is 5.58. The van der Waals surface area contributed by atoms with Crippen LogP contribution in [-0.2, 0) is 14.0 Å². The molecule has 0 aromatic heterocycles. The molecule has 0 spiro atoms. The lowest BCUT2D eigenvalue weighted by Gasteiger charge is -2.32. The lowest BCUT2D eigenvalue weighted by atomic mass is 9.99. The van der Waals surface area contributed by atoms with Crippen molar-refractivity contribution < 1.29 is 14.0 Å². The van der Waals surface area contributed by atoms with Gasteiger partial charge in [-0.05, 0) is 27.2 Å². The van der Waals surface area contributed by atoms with Crippen molar-refractivity contribution in [3.05, 3.63) is 12.2 Å². The summed E-state index contributed by atoms with van der Waals surface area (Å²) >= 11 is 0. The van der Waals surface area contributed by atoms with Gasteiger partial charge in [-0.3, -0.25) is 0 Å². The predicted molar refractivity (Wildman–Crippen MR) is 60.1 cm³/mol. The largest absolute Gasteiger partial charge is 0.456 e. The quantitative estimate of drug-likeness (QED) is 0.390. The summed E-state index contributed by atoms with van der Waals surface area (Å²) in [6, 6.07) is 0. The Morgan fingerprint density at radius 2 is 2.07 bits per heavy atom. The molecule has 3 nitrogen and oxygen atoms in total. The Morgan fingerprint density at radius 3 is 2.36 bits per heavy atom.